The number of nitrogens with one attached hydrogen (secondary N) is 2. The van der Waals surface area contributed by atoms with Crippen LogP contribution in [-0.2, 0) is 9.53 Å². The zero-order valence-electron chi connectivity index (χ0n) is 15.3. The van der Waals surface area contributed by atoms with Gasteiger partial charge in [-0.1, -0.05) is 6.92 Å². The normalized spacial score (nSPS) is 14.8. The molecule has 0 radical (unpaired) electrons. The molecule has 0 spiro atoms. The Morgan fingerprint density at radius 3 is 2.60 bits per heavy atom. The summed E-state index contributed by atoms with van der Waals surface area (Å²) in [7, 11) is 3.79. The summed E-state index contributed by atoms with van der Waals surface area (Å²) in [6.45, 7) is 6.48. The van der Waals surface area contributed by atoms with Crippen LogP contribution in [0.25, 0.3) is 0 Å². The lowest BCUT2D eigenvalue weighted by atomic mass is 10.1. The number of hydrogen-bond donors (Lipinski definition) is 2. The van der Waals surface area contributed by atoms with E-state index < -0.39 is 0 Å². The lowest BCUT2D eigenvalue weighted by Gasteiger charge is -2.26. The first-order valence-electron chi connectivity index (χ1n) is 8.70. The van der Waals surface area contributed by atoms with Gasteiger partial charge in [0.05, 0.1) is 18.8 Å². The highest BCUT2D eigenvalue weighted by Gasteiger charge is 2.15. The highest BCUT2D eigenvalue weighted by atomic mass is 16.5. The van der Waals surface area contributed by atoms with Gasteiger partial charge >= 0.3 is 0 Å². The lowest BCUT2D eigenvalue weighted by Crippen LogP contribution is -2.41. The molecule has 1 aromatic rings. The van der Waals surface area contributed by atoms with Gasteiger partial charge in [0.2, 0.25) is 5.91 Å². The molecule has 1 aliphatic rings. The first kappa shape index (κ1) is 19.2. The number of hydrogen-bond acceptors (Lipinski definition) is 5. The number of carbonyl (C=O) groups excluding carboxylic acids is 2. The van der Waals surface area contributed by atoms with Crippen LogP contribution in [-0.4, -0.2) is 70.2 Å². The van der Waals surface area contributed by atoms with Crippen LogP contribution >= 0.6 is 0 Å². The van der Waals surface area contributed by atoms with Crippen LogP contribution in [0.3, 0.4) is 0 Å². The van der Waals surface area contributed by atoms with Crippen molar-refractivity contribution in [3.63, 3.8) is 0 Å². The fraction of sp³-hybridized carbons (Fsp3) is 0.556. The Labute approximate surface area is 149 Å². The van der Waals surface area contributed by atoms with Crippen molar-refractivity contribution in [3.8, 4) is 0 Å². The molecule has 2 amide bonds. The van der Waals surface area contributed by atoms with Crippen LogP contribution in [0.2, 0.25) is 0 Å². The molecule has 25 heavy (non-hydrogen) atoms. The van der Waals surface area contributed by atoms with Crippen molar-refractivity contribution in [2.45, 2.75) is 13.3 Å². The molecule has 1 heterocycles. The van der Waals surface area contributed by atoms with Crippen LogP contribution in [0.1, 0.15) is 23.7 Å². The minimum absolute atomic E-state index is 0.0729. The van der Waals surface area contributed by atoms with Crippen molar-refractivity contribution in [2.24, 2.45) is 0 Å². The first-order valence-corrected chi connectivity index (χ1v) is 8.70. The molecule has 0 unspecified atom stereocenters. The second kappa shape index (κ2) is 9.39. The highest BCUT2D eigenvalue weighted by Crippen LogP contribution is 2.23. The Hall–Kier alpha value is -2.12. The minimum atomic E-state index is -0.135. The zero-order valence-corrected chi connectivity index (χ0v) is 15.3. The second-order valence-corrected chi connectivity index (χ2v) is 6.24. The smallest absolute Gasteiger partial charge is 0.253 e. The molecule has 0 saturated carbocycles. The van der Waals surface area contributed by atoms with Gasteiger partial charge in [-0.2, -0.15) is 0 Å². The fourth-order valence-corrected chi connectivity index (χ4v) is 2.68. The van der Waals surface area contributed by atoms with E-state index >= 15 is 0 Å². The Morgan fingerprint density at radius 2 is 1.96 bits per heavy atom. The van der Waals surface area contributed by atoms with Gasteiger partial charge in [-0.25, -0.2) is 0 Å². The maximum atomic E-state index is 12.6. The largest absolute Gasteiger partial charge is 0.379 e. The van der Waals surface area contributed by atoms with E-state index in [9.17, 15) is 9.59 Å². The first-order chi connectivity index (χ1) is 12.0. The van der Waals surface area contributed by atoms with Gasteiger partial charge in [0.25, 0.3) is 5.91 Å². The lowest BCUT2D eigenvalue weighted by molar-refractivity contribution is -0.115. The van der Waals surface area contributed by atoms with Crippen LogP contribution in [0.15, 0.2) is 18.2 Å². The summed E-state index contributed by atoms with van der Waals surface area (Å²) in [4.78, 5) is 28.4. The molecular weight excluding hydrogens is 320 g/mol. The summed E-state index contributed by atoms with van der Waals surface area (Å²) in [5, 5.41) is 5.78. The van der Waals surface area contributed by atoms with E-state index in [1.165, 1.54) is 0 Å². The van der Waals surface area contributed by atoms with Gasteiger partial charge in [-0.05, 0) is 18.2 Å². The molecule has 0 aromatic heterocycles. The van der Waals surface area contributed by atoms with Gasteiger partial charge in [0.15, 0.2) is 0 Å². The summed E-state index contributed by atoms with van der Waals surface area (Å²) in [5.41, 5.74) is 2.01. The molecule has 0 bridgehead atoms. The quantitative estimate of drug-likeness (QED) is 0.774. The average molecular weight is 348 g/mol. The van der Waals surface area contributed by atoms with Crippen molar-refractivity contribution in [1.82, 2.24) is 10.2 Å². The molecule has 0 aliphatic carbocycles. The number of rotatable bonds is 7. The molecule has 7 heteroatoms. The average Bonchev–Trinajstić information content (AvgIpc) is 2.62. The Kier molecular flexibility index (Phi) is 7.21. The van der Waals surface area contributed by atoms with E-state index in [1.54, 1.807) is 13.0 Å². The van der Waals surface area contributed by atoms with E-state index in [-0.39, 0.29) is 11.8 Å². The summed E-state index contributed by atoms with van der Waals surface area (Å²) in [5.74, 6) is -0.208. The predicted octanol–water partition coefficient (Wildman–Crippen LogP) is 1.16. The Bertz CT molecular complexity index is 598. The van der Waals surface area contributed by atoms with Crippen LogP contribution < -0.4 is 15.5 Å². The summed E-state index contributed by atoms with van der Waals surface area (Å²) >= 11 is 0. The summed E-state index contributed by atoms with van der Waals surface area (Å²) in [6, 6.07) is 5.39. The number of morpholine rings is 1. The topological polar surface area (TPSA) is 73.9 Å². The number of amides is 2. The number of nitrogens with zero attached hydrogens (tertiary/aromatic N) is 2. The Morgan fingerprint density at radius 1 is 1.24 bits per heavy atom. The molecule has 0 atom stereocenters. The molecule has 1 aliphatic heterocycles. The molecule has 1 aromatic carbocycles. The maximum Gasteiger partial charge on any atom is 0.253 e. The van der Waals surface area contributed by atoms with Crippen molar-refractivity contribution >= 4 is 23.2 Å². The van der Waals surface area contributed by atoms with Crippen molar-refractivity contribution in [2.75, 3.05) is 63.7 Å². The predicted molar refractivity (Wildman–Crippen MR) is 99.3 cm³/mol. The molecule has 2 N–H and O–H groups in total. The van der Waals surface area contributed by atoms with Crippen molar-refractivity contribution < 1.29 is 14.3 Å². The standard InChI is InChI=1S/C18H28N4O3/c1-4-17(23)20-14-5-6-16(21(2)3)15(13-14)18(24)19-7-8-22-9-11-25-12-10-22/h5-6,13H,4,7-12H2,1-3H3,(H,19,24)(H,20,23). The minimum Gasteiger partial charge on any atom is -0.379 e. The van der Waals surface area contributed by atoms with Gasteiger partial charge in [0.1, 0.15) is 0 Å². The number of anilines is 2. The van der Waals surface area contributed by atoms with Crippen LogP contribution in [0.5, 0.6) is 0 Å². The molecule has 1 fully saturated rings. The molecule has 2 rings (SSSR count). The van der Waals surface area contributed by atoms with Crippen LogP contribution in [0, 0.1) is 0 Å². The van der Waals surface area contributed by atoms with E-state index in [4.69, 9.17) is 4.74 Å². The third-order valence-corrected chi connectivity index (χ3v) is 4.15. The third kappa shape index (κ3) is 5.72. The van der Waals surface area contributed by atoms with E-state index in [1.807, 2.05) is 31.1 Å². The van der Waals surface area contributed by atoms with E-state index in [0.29, 0.717) is 24.2 Å². The van der Waals surface area contributed by atoms with Gasteiger partial charge < -0.3 is 20.3 Å². The summed E-state index contributed by atoms with van der Waals surface area (Å²) < 4.78 is 5.32. The molecule has 1 saturated heterocycles. The maximum absolute atomic E-state index is 12.6. The van der Waals surface area contributed by atoms with Gasteiger partial charge in [0, 0.05) is 58.1 Å². The fourth-order valence-electron chi connectivity index (χ4n) is 2.68. The number of benzene rings is 1. The van der Waals surface area contributed by atoms with Gasteiger partial charge in [-0.3, -0.25) is 14.5 Å². The zero-order chi connectivity index (χ0) is 18.2. The third-order valence-electron chi connectivity index (χ3n) is 4.15. The molecule has 7 nitrogen and oxygen atoms in total. The monoisotopic (exact) mass is 348 g/mol. The second-order valence-electron chi connectivity index (χ2n) is 6.24. The SMILES string of the molecule is CCC(=O)Nc1ccc(N(C)C)c(C(=O)NCCN2CCOCC2)c1. The van der Waals surface area contributed by atoms with Crippen LogP contribution in [0.4, 0.5) is 11.4 Å². The number of carbonyl (C=O) groups is 2. The van der Waals surface area contributed by atoms with E-state index in [0.717, 1.165) is 38.5 Å². The molecular formula is C18H28N4O3. The van der Waals surface area contributed by atoms with Gasteiger partial charge in [-0.15, -0.1) is 0 Å². The van der Waals surface area contributed by atoms with E-state index in [2.05, 4.69) is 15.5 Å². The number of ether oxygens (including phenoxy) is 1. The Balaban J connectivity index is 2.01. The summed E-state index contributed by atoms with van der Waals surface area (Å²) in [6.07, 6.45) is 0.399. The van der Waals surface area contributed by atoms with Crippen molar-refractivity contribution in [1.29, 1.82) is 0 Å². The molecule has 138 valence electrons. The van der Waals surface area contributed by atoms with Crippen molar-refractivity contribution in [3.05, 3.63) is 23.8 Å². The highest BCUT2D eigenvalue weighted by molar-refractivity contribution is 6.02.